The van der Waals surface area contributed by atoms with Crippen LogP contribution in [0.25, 0.3) is 0 Å². The molecule has 0 heterocycles. The summed E-state index contributed by atoms with van der Waals surface area (Å²) in [4.78, 5) is 0. The van der Waals surface area contributed by atoms with E-state index in [2.05, 4.69) is 46.7 Å². The van der Waals surface area contributed by atoms with Crippen molar-refractivity contribution in [3.8, 4) is 12.3 Å². The van der Waals surface area contributed by atoms with Gasteiger partial charge in [-0.25, -0.2) is 0 Å². The molecule has 4 aliphatic carbocycles. The molecule has 0 aromatic carbocycles. The summed E-state index contributed by atoms with van der Waals surface area (Å²) in [7, 11) is -1.75. The van der Waals surface area contributed by atoms with E-state index in [0.717, 1.165) is 30.3 Å². The zero-order valence-electron chi connectivity index (χ0n) is 20.2. The molecule has 0 aromatic rings. The summed E-state index contributed by atoms with van der Waals surface area (Å²) >= 11 is 0. The lowest BCUT2D eigenvalue weighted by Crippen LogP contribution is -2.55. The topological polar surface area (TPSA) is 9.23 Å². The summed E-state index contributed by atoms with van der Waals surface area (Å²) in [6.45, 7) is 15.5. The molecule has 4 aliphatic rings. The monoisotopic (exact) mass is 414 g/mol. The minimum atomic E-state index is -1.75. The Bertz CT molecular complexity index is 654. The smallest absolute Gasteiger partial charge is 0.192 e. The van der Waals surface area contributed by atoms with Gasteiger partial charge in [-0.3, -0.25) is 0 Å². The van der Waals surface area contributed by atoms with E-state index in [4.69, 9.17) is 10.8 Å². The molecular weight excluding hydrogens is 368 g/mol. The van der Waals surface area contributed by atoms with Gasteiger partial charge in [0.2, 0.25) is 0 Å². The second-order valence-corrected chi connectivity index (χ2v) is 17.8. The quantitative estimate of drug-likeness (QED) is 0.340. The highest BCUT2D eigenvalue weighted by Gasteiger charge is 2.61. The van der Waals surface area contributed by atoms with Gasteiger partial charge < -0.3 is 4.43 Å². The van der Waals surface area contributed by atoms with E-state index in [-0.39, 0.29) is 10.5 Å². The van der Waals surface area contributed by atoms with E-state index in [9.17, 15) is 0 Å². The van der Waals surface area contributed by atoms with E-state index >= 15 is 0 Å². The Morgan fingerprint density at radius 2 is 1.72 bits per heavy atom. The first kappa shape index (κ1) is 21.9. The van der Waals surface area contributed by atoms with Crippen LogP contribution < -0.4 is 0 Å². The zero-order valence-corrected chi connectivity index (χ0v) is 21.2. The van der Waals surface area contributed by atoms with Crippen LogP contribution in [0.3, 0.4) is 0 Å². The number of hydrogen-bond acceptors (Lipinski definition) is 1. The molecule has 0 amide bonds. The molecular formula is C27H46OSi. The number of hydrogen-bond donors (Lipinski definition) is 0. The largest absolute Gasteiger partial charge is 0.416 e. The van der Waals surface area contributed by atoms with Crippen molar-refractivity contribution in [2.45, 2.75) is 110 Å². The van der Waals surface area contributed by atoms with Gasteiger partial charge in [-0.2, -0.15) is 0 Å². The van der Waals surface area contributed by atoms with Gasteiger partial charge in [0.25, 0.3) is 0 Å². The molecule has 0 spiro atoms. The van der Waals surface area contributed by atoms with Gasteiger partial charge in [0, 0.05) is 17.9 Å². The molecule has 0 N–H and O–H groups in total. The van der Waals surface area contributed by atoms with E-state index in [1.807, 2.05) is 0 Å². The number of terminal acetylenes is 1. The first-order valence-corrected chi connectivity index (χ1v) is 15.6. The van der Waals surface area contributed by atoms with Crippen molar-refractivity contribution >= 4 is 8.32 Å². The molecule has 29 heavy (non-hydrogen) atoms. The summed E-state index contributed by atoms with van der Waals surface area (Å²) in [5.74, 6) is 7.38. The van der Waals surface area contributed by atoms with Crippen LogP contribution in [-0.4, -0.2) is 14.9 Å². The average Bonchev–Trinajstić information content (AvgIpc) is 3.04. The fraction of sp³-hybridized carbons (Fsp3) is 0.926. The van der Waals surface area contributed by atoms with Crippen molar-refractivity contribution in [1.82, 2.24) is 0 Å². The molecule has 0 unspecified atom stereocenters. The summed E-state index contributed by atoms with van der Waals surface area (Å²) in [5.41, 5.74) is 0.880. The van der Waals surface area contributed by atoms with Crippen molar-refractivity contribution in [2.24, 2.45) is 40.4 Å². The van der Waals surface area contributed by atoms with Crippen LogP contribution in [0.5, 0.6) is 0 Å². The van der Waals surface area contributed by atoms with Crippen LogP contribution in [-0.2, 0) is 4.43 Å². The summed E-state index contributed by atoms with van der Waals surface area (Å²) < 4.78 is 6.92. The minimum absolute atomic E-state index is 0.267. The maximum atomic E-state index is 6.92. The Balaban J connectivity index is 1.60. The molecule has 7 atom stereocenters. The normalized spacial score (nSPS) is 45.1. The van der Waals surface area contributed by atoms with Crippen LogP contribution in [0.2, 0.25) is 18.1 Å². The number of fused-ring (bicyclic) bond motifs is 5. The molecule has 0 aliphatic heterocycles. The SMILES string of the molecule is C#C[C@H]1CC[C@H]2[C@@H]3CC[C@H]4CCCC[C@]4(C)[C@H]3CC[C@]12CO[Si](C)(C)C(C)(C)C. The molecule has 0 radical (unpaired) electrons. The van der Waals surface area contributed by atoms with E-state index < -0.39 is 8.32 Å². The molecule has 4 rings (SSSR count). The Kier molecular flexibility index (Phi) is 5.61. The Labute approximate surface area is 182 Å². The lowest BCUT2D eigenvalue weighted by atomic mass is 9.44. The van der Waals surface area contributed by atoms with Gasteiger partial charge in [0.15, 0.2) is 8.32 Å². The average molecular weight is 415 g/mol. The summed E-state index contributed by atoms with van der Waals surface area (Å²) in [5, 5.41) is 0.272. The third kappa shape index (κ3) is 3.38. The fourth-order valence-electron chi connectivity index (χ4n) is 8.17. The van der Waals surface area contributed by atoms with E-state index in [1.165, 1.54) is 64.2 Å². The highest BCUT2D eigenvalue weighted by molar-refractivity contribution is 6.74. The fourth-order valence-corrected chi connectivity index (χ4v) is 9.23. The van der Waals surface area contributed by atoms with Crippen molar-refractivity contribution < 1.29 is 4.43 Å². The summed E-state index contributed by atoms with van der Waals surface area (Å²) in [6, 6.07) is 0. The van der Waals surface area contributed by atoms with Gasteiger partial charge >= 0.3 is 0 Å². The molecule has 164 valence electrons. The third-order valence-corrected chi connectivity index (χ3v) is 15.5. The Hall–Kier alpha value is -0.263. The van der Waals surface area contributed by atoms with Crippen LogP contribution in [0.4, 0.5) is 0 Å². The molecule has 4 fully saturated rings. The second kappa shape index (κ2) is 7.41. The van der Waals surface area contributed by atoms with Gasteiger partial charge in [-0.15, -0.1) is 12.3 Å². The lowest BCUT2D eigenvalue weighted by molar-refractivity contribution is -0.121. The Morgan fingerprint density at radius 1 is 0.966 bits per heavy atom. The zero-order chi connectivity index (χ0) is 21.1. The molecule has 4 saturated carbocycles. The summed E-state index contributed by atoms with van der Waals surface area (Å²) in [6.07, 6.45) is 20.4. The molecule has 0 bridgehead atoms. The van der Waals surface area contributed by atoms with Gasteiger partial charge in [-0.1, -0.05) is 40.5 Å². The van der Waals surface area contributed by atoms with E-state index in [1.54, 1.807) is 0 Å². The lowest BCUT2D eigenvalue weighted by Gasteiger charge is -2.61. The third-order valence-electron chi connectivity index (χ3n) is 11.0. The highest BCUT2D eigenvalue weighted by atomic mass is 28.4. The first-order chi connectivity index (χ1) is 13.6. The molecule has 0 aromatic heterocycles. The second-order valence-electron chi connectivity index (χ2n) is 13.0. The molecule has 2 heteroatoms. The van der Waals surface area contributed by atoms with Gasteiger partial charge in [-0.05, 0) is 98.6 Å². The minimum Gasteiger partial charge on any atom is -0.416 e. The van der Waals surface area contributed by atoms with Crippen LogP contribution in [0.1, 0.15) is 91.9 Å². The van der Waals surface area contributed by atoms with Crippen molar-refractivity contribution in [2.75, 3.05) is 6.61 Å². The van der Waals surface area contributed by atoms with Crippen molar-refractivity contribution in [3.05, 3.63) is 0 Å². The highest BCUT2D eigenvalue weighted by Crippen LogP contribution is 2.67. The van der Waals surface area contributed by atoms with Crippen LogP contribution in [0.15, 0.2) is 0 Å². The maximum absolute atomic E-state index is 6.92. The van der Waals surface area contributed by atoms with Crippen LogP contribution >= 0.6 is 0 Å². The van der Waals surface area contributed by atoms with Crippen LogP contribution in [0, 0.1) is 52.8 Å². The molecule has 0 saturated heterocycles. The molecule has 1 nitrogen and oxygen atoms in total. The predicted octanol–water partition coefficient (Wildman–Crippen LogP) is 7.67. The van der Waals surface area contributed by atoms with Crippen molar-refractivity contribution in [1.29, 1.82) is 0 Å². The standard InChI is InChI=1S/C27H46OSi/c1-8-20-13-15-24-22-14-12-21-11-9-10-17-26(21,5)23(22)16-18-27(20,24)19-28-29(6,7)25(2,3)4/h1,20-24H,9-19H2,2-7H3/t20-,21+,22+,23-,24-,26-,27-/m0/s1. The Morgan fingerprint density at radius 3 is 2.41 bits per heavy atom. The van der Waals surface area contributed by atoms with Gasteiger partial charge in [0.1, 0.15) is 0 Å². The first-order valence-electron chi connectivity index (χ1n) is 12.7. The number of rotatable bonds is 3. The maximum Gasteiger partial charge on any atom is 0.192 e. The van der Waals surface area contributed by atoms with Gasteiger partial charge in [0.05, 0.1) is 0 Å². The predicted molar refractivity (Wildman–Crippen MR) is 126 cm³/mol. The van der Waals surface area contributed by atoms with E-state index in [0.29, 0.717) is 11.3 Å². The van der Waals surface area contributed by atoms with Crippen molar-refractivity contribution in [3.63, 3.8) is 0 Å².